The lowest BCUT2D eigenvalue weighted by Crippen LogP contribution is -2.46. The maximum absolute atomic E-state index is 13.0. The average molecular weight is 422 g/mol. The first-order valence-corrected chi connectivity index (χ1v) is 11.9. The van der Waals surface area contributed by atoms with E-state index in [0.29, 0.717) is 43.8 Å². The number of fused-ring (bicyclic) bond motifs is 1. The summed E-state index contributed by atoms with van der Waals surface area (Å²) in [4.78, 5) is 31.5. The standard InChI is InChI=1S/C19H27N5O4S/c1-13-10-18(25)24-17(20-13)11-16(21-24)15-4-3-7-22(12-15)19(26)14-5-8-23(9-6-14)29(2,27)28/h10-11,14-15,21H,3-9,12H2,1-2H3/t15-/m0/s1. The Bertz CT molecular complexity index is 1080. The molecule has 1 amide bonds. The van der Waals surface area contributed by atoms with Gasteiger partial charge in [-0.05, 0) is 32.6 Å². The van der Waals surface area contributed by atoms with Gasteiger partial charge in [-0.1, -0.05) is 0 Å². The highest BCUT2D eigenvalue weighted by atomic mass is 32.2. The van der Waals surface area contributed by atoms with Crippen molar-refractivity contribution in [1.29, 1.82) is 0 Å². The molecule has 0 aliphatic carbocycles. The lowest BCUT2D eigenvalue weighted by atomic mass is 9.91. The first kappa shape index (κ1) is 20.1. The number of piperidine rings is 2. The number of amides is 1. The molecule has 0 bridgehead atoms. The number of sulfonamides is 1. The number of nitrogens with zero attached hydrogens (tertiary/aromatic N) is 4. The summed E-state index contributed by atoms with van der Waals surface area (Å²) in [6.07, 6.45) is 4.19. The van der Waals surface area contributed by atoms with E-state index in [2.05, 4.69) is 10.1 Å². The van der Waals surface area contributed by atoms with Crippen LogP contribution in [0.1, 0.15) is 43.0 Å². The van der Waals surface area contributed by atoms with Crippen LogP contribution < -0.4 is 5.56 Å². The van der Waals surface area contributed by atoms with Gasteiger partial charge in [0.05, 0.1) is 6.26 Å². The Balaban J connectivity index is 1.45. The van der Waals surface area contributed by atoms with Gasteiger partial charge in [0.15, 0.2) is 5.65 Å². The van der Waals surface area contributed by atoms with E-state index in [1.807, 2.05) is 11.0 Å². The summed E-state index contributed by atoms with van der Waals surface area (Å²) >= 11 is 0. The van der Waals surface area contributed by atoms with Crippen molar-refractivity contribution in [3.8, 4) is 0 Å². The van der Waals surface area contributed by atoms with Crippen LogP contribution >= 0.6 is 0 Å². The quantitative estimate of drug-likeness (QED) is 0.785. The molecule has 29 heavy (non-hydrogen) atoms. The van der Waals surface area contributed by atoms with E-state index in [1.165, 1.54) is 21.1 Å². The van der Waals surface area contributed by atoms with Crippen LogP contribution in [0.2, 0.25) is 0 Å². The van der Waals surface area contributed by atoms with E-state index in [1.54, 1.807) is 6.92 Å². The van der Waals surface area contributed by atoms with Crippen LogP contribution in [0, 0.1) is 12.8 Å². The minimum absolute atomic E-state index is 0.116. The molecular formula is C19H27N5O4S. The Morgan fingerprint density at radius 3 is 2.59 bits per heavy atom. The van der Waals surface area contributed by atoms with Crippen molar-refractivity contribution in [2.24, 2.45) is 5.92 Å². The van der Waals surface area contributed by atoms with Crippen molar-refractivity contribution in [2.45, 2.75) is 38.5 Å². The van der Waals surface area contributed by atoms with Gasteiger partial charge in [0.2, 0.25) is 15.9 Å². The Hall–Kier alpha value is -2.20. The Morgan fingerprint density at radius 1 is 1.17 bits per heavy atom. The van der Waals surface area contributed by atoms with Crippen LogP contribution in [0.3, 0.4) is 0 Å². The van der Waals surface area contributed by atoms with Crippen molar-refractivity contribution < 1.29 is 13.2 Å². The maximum atomic E-state index is 13.0. The zero-order chi connectivity index (χ0) is 20.8. The summed E-state index contributed by atoms with van der Waals surface area (Å²) in [5, 5.41) is 3.15. The second-order valence-electron chi connectivity index (χ2n) is 8.20. The largest absolute Gasteiger partial charge is 0.342 e. The summed E-state index contributed by atoms with van der Waals surface area (Å²) in [5.74, 6) is 0.122. The number of nitrogens with one attached hydrogen (secondary N) is 1. The number of carbonyl (C=O) groups is 1. The van der Waals surface area contributed by atoms with Gasteiger partial charge in [-0.3, -0.25) is 14.7 Å². The van der Waals surface area contributed by atoms with Gasteiger partial charge in [-0.15, -0.1) is 0 Å². The molecule has 0 unspecified atom stereocenters. The number of hydrogen-bond donors (Lipinski definition) is 1. The molecule has 2 aromatic heterocycles. The highest BCUT2D eigenvalue weighted by Crippen LogP contribution is 2.29. The van der Waals surface area contributed by atoms with Crippen molar-refractivity contribution in [3.05, 3.63) is 33.9 Å². The van der Waals surface area contributed by atoms with E-state index in [-0.39, 0.29) is 23.3 Å². The highest BCUT2D eigenvalue weighted by Gasteiger charge is 2.34. The summed E-state index contributed by atoms with van der Waals surface area (Å²) in [6, 6.07) is 3.39. The van der Waals surface area contributed by atoms with E-state index in [0.717, 1.165) is 25.1 Å². The molecule has 2 aromatic rings. The van der Waals surface area contributed by atoms with Crippen molar-refractivity contribution in [3.63, 3.8) is 0 Å². The molecule has 10 heteroatoms. The van der Waals surface area contributed by atoms with Gasteiger partial charge in [-0.25, -0.2) is 22.2 Å². The fourth-order valence-corrected chi connectivity index (χ4v) is 5.34. The Morgan fingerprint density at radius 2 is 1.90 bits per heavy atom. The molecule has 0 spiro atoms. The smallest absolute Gasteiger partial charge is 0.272 e. The fraction of sp³-hybridized carbons (Fsp3) is 0.632. The third kappa shape index (κ3) is 4.09. The molecule has 1 N–H and O–H groups in total. The van der Waals surface area contributed by atoms with E-state index < -0.39 is 10.0 Å². The third-order valence-electron chi connectivity index (χ3n) is 6.04. The average Bonchev–Trinajstić information content (AvgIpc) is 3.11. The first-order chi connectivity index (χ1) is 13.7. The van der Waals surface area contributed by atoms with Crippen molar-refractivity contribution >= 4 is 21.6 Å². The second-order valence-corrected chi connectivity index (χ2v) is 10.2. The van der Waals surface area contributed by atoms with Gasteiger partial charge in [0.1, 0.15) is 0 Å². The van der Waals surface area contributed by atoms with Gasteiger partial charge < -0.3 is 4.90 Å². The Labute approximate surface area is 169 Å². The highest BCUT2D eigenvalue weighted by molar-refractivity contribution is 7.88. The molecule has 0 saturated carbocycles. The molecule has 2 fully saturated rings. The summed E-state index contributed by atoms with van der Waals surface area (Å²) in [7, 11) is -3.19. The topological polar surface area (TPSA) is 108 Å². The molecule has 0 aromatic carbocycles. The van der Waals surface area contributed by atoms with Crippen LogP contribution in [-0.4, -0.2) is 70.6 Å². The third-order valence-corrected chi connectivity index (χ3v) is 7.35. The SMILES string of the molecule is Cc1cc(=O)n2[nH]c([C@H]3CCCN(C(=O)C4CCN(S(C)(=O)=O)CC4)C3)cc2n1. The zero-order valence-electron chi connectivity index (χ0n) is 16.8. The van der Waals surface area contributed by atoms with E-state index in [9.17, 15) is 18.0 Å². The minimum atomic E-state index is -3.19. The molecule has 2 aliphatic rings. The summed E-state index contributed by atoms with van der Waals surface area (Å²) in [6.45, 7) is 3.93. The summed E-state index contributed by atoms with van der Waals surface area (Å²) in [5.41, 5.74) is 2.06. The van der Waals surface area contributed by atoms with Crippen LogP contribution in [0.5, 0.6) is 0 Å². The molecule has 4 heterocycles. The van der Waals surface area contributed by atoms with Crippen LogP contribution in [0.4, 0.5) is 0 Å². The number of H-pyrrole nitrogens is 1. The molecule has 1 atom stereocenters. The molecular weight excluding hydrogens is 394 g/mol. The van der Waals surface area contributed by atoms with E-state index in [4.69, 9.17) is 0 Å². The van der Waals surface area contributed by atoms with Crippen molar-refractivity contribution in [1.82, 2.24) is 23.8 Å². The van der Waals surface area contributed by atoms with Crippen LogP contribution in [-0.2, 0) is 14.8 Å². The first-order valence-electron chi connectivity index (χ1n) is 10.1. The summed E-state index contributed by atoms with van der Waals surface area (Å²) < 4.78 is 26.3. The number of aromatic nitrogens is 3. The van der Waals surface area contributed by atoms with E-state index >= 15 is 0 Å². The van der Waals surface area contributed by atoms with Gasteiger partial charge in [0.25, 0.3) is 5.56 Å². The van der Waals surface area contributed by atoms with Gasteiger partial charge in [-0.2, -0.15) is 0 Å². The molecule has 2 aliphatic heterocycles. The van der Waals surface area contributed by atoms with Gasteiger partial charge >= 0.3 is 0 Å². The number of aryl methyl sites for hydroxylation is 1. The predicted molar refractivity (Wildman–Crippen MR) is 108 cm³/mol. The maximum Gasteiger partial charge on any atom is 0.272 e. The van der Waals surface area contributed by atoms with Crippen LogP contribution in [0.15, 0.2) is 16.9 Å². The monoisotopic (exact) mass is 421 g/mol. The predicted octanol–water partition coefficient (Wildman–Crippen LogP) is 0.709. The number of rotatable bonds is 3. The molecule has 0 radical (unpaired) electrons. The normalized spacial score (nSPS) is 22.3. The zero-order valence-corrected chi connectivity index (χ0v) is 17.6. The number of aromatic amines is 1. The lowest BCUT2D eigenvalue weighted by Gasteiger charge is -2.37. The van der Waals surface area contributed by atoms with Crippen molar-refractivity contribution in [2.75, 3.05) is 32.4 Å². The molecule has 158 valence electrons. The van der Waals surface area contributed by atoms with Crippen LogP contribution in [0.25, 0.3) is 5.65 Å². The number of hydrogen-bond acceptors (Lipinski definition) is 5. The lowest BCUT2D eigenvalue weighted by molar-refractivity contribution is -0.138. The fourth-order valence-electron chi connectivity index (χ4n) is 4.46. The number of carbonyl (C=O) groups excluding carboxylic acids is 1. The Kier molecular flexibility index (Phi) is 5.24. The minimum Gasteiger partial charge on any atom is -0.342 e. The molecule has 4 rings (SSSR count). The molecule has 9 nitrogen and oxygen atoms in total. The second kappa shape index (κ2) is 7.56. The molecule has 2 saturated heterocycles. The number of likely N-dealkylation sites (tertiary alicyclic amines) is 1. The van der Waals surface area contributed by atoms with Gasteiger partial charge in [0, 0.05) is 61.5 Å².